The summed E-state index contributed by atoms with van der Waals surface area (Å²) in [4.78, 5) is 10.1. The summed E-state index contributed by atoms with van der Waals surface area (Å²) in [6.07, 6.45) is 2.48. The van der Waals surface area contributed by atoms with Crippen LogP contribution in [0.25, 0.3) is 0 Å². The van der Waals surface area contributed by atoms with E-state index in [1.165, 1.54) is 0 Å². The third kappa shape index (κ3) is 11.0. The minimum absolute atomic E-state index is 0. The largest absolute Gasteiger partial charge is 0.480 e. The van der Waals surface area contributed by atoms with Crippen molar-refractivity contribution in [3.8, 4) is 0 Å². The van der Waals surface area contributed by atoms with E-state index in [2.05, 4.69) is 0 Å². The molecule has 0 aromatic rings. The topological polar surface area (TPSA) is 63.3 Å². The predicted molar refractivity (Wildman–Crippen MR) is 38.6 cm³/mol. The average molecular weight is 403 g/mol. The SMILES string of the molecule is CSCC[C@H](N)C(=O)O.[Ni].[Pt]. The molecule has 0 radical (unpaired) electrons. The van der Waals surface area contributed by atoms with Crippen molar-refractivity contribution in [1.82, 2.24) is 0 Å². The van der Waals surface area contributed by atoms with Crippen LogP contribution in [0.1, 0.15) is 6.42 Å². The zero-order valence-electron chi connectivity index (χ0n) is 5.97. The van der Waals surface area contributed by atoms with E-state index in [1.54, 1.807) is 11.8 Å². The van der Waals surface area contributed by atoms with Crippen molar-refractivity contribution in [2.75, 3.05) is 12.0 Å². The summed E-state index contributed by atoms with van der Waals surface area (Å²) >= 11 is 1.60. The number of rotatable bonds is 4. The molecule has 3 nitrogen and oxygen atoms in total. The van der Waals surface area contributed by atoms with Crippen LogP contribution in [0.2, 0.25) is 0 Å². The monoisotopic (exact) mass is 402 g/mol. The molecule has 1 atom stereocenters. The summed E-state index contributed by atoms with van der Waals surface area (Å²) in [5.41, 5.74) is 5.19. The van der Waals surface area contributed by atoms with Gasteiger partial charge in [-0.1, -0.05) is 0 Å². The molecule has 74 valence electrons. The molecule has 11 heavy (non-hydrogen) atoms. The number of nitrogens with two attached hydrogens (primary N) is 1. The van der Waals surface area contributed by atoms with Crippen molar-refractivity contribution in [3.05, 3.63) is 0 Å². The smallest absolute Gasteiger partial charge is 0.320 e. The fourth-order valence-corrected chi connectivity index (χ4v) is 0.858. The van der Waals surface area contributed by atoms with Crippen LogP contribution < -0.4 is 5.73 Å². The average Bonchev–Trinajstić information content (AvgIpc) is 1.82. The van der Waals surface area contributed by atoms with Gasteiger partial charge < -0.3 is 10.8 Å². The maximum absolute atomic E-state index is 10.1. The van der Waals surface area contributed by atoms with Crippen LogP contribution in [0.5, 0.6) is 0 Å². The number of hydrogen-bond acceptors (Lipinski definition) is 3. The fourth-order valence-electron chi connectivity index (χ4n) is 0.368. The Labute approximate surface area is 95.1 Å². The zero-order chi connectivity index (χ0) is 7.28. The van der Waals surface area contributed by atoms with Crippen molar-refractivity contribution < 1.29 is 47.5 Å². The molecule has 0 amide bonds. The van der Waals surface area contributed by atoms with E-state index in [0.717, 1.165) is 5.75 Å². The van der Waals surface area contributed by atoms with Crippen LogP contribution in [0.4, 0.5) is 0 Å². The van der Waals surface area contributed by atoms with E-state index in [1.807, 2.05) is 6.26 Å². The van der Waals surface area contributed by atoms with Gasteiger partial charge in [-0.2, -0.15) is 11.8 Å². The summed E-state index contributed by atoms with van der Waals surface area (Å²) in [5.74, 6) is -0.1000. The minimum Gasteiger partial charge on any atom is -0.480 e. The van der Waals surface area contributed by atoms with Gasteiger partial charge in [-0.25, -0.2) is 0 Å². The number of carboxylic acid groups (broad SMARTS) is 1. The van der Waals surface area contributed by atoms with Crippen molar-refractivity contribution in [2.45, 2.75) is 12.5 Å². The summed E-state index contributed by atoms with van der Waals surface area (Å²) in [5, 5.41) is 8.27. The van der Waals surface area contributed by atoms with Crippen molar-refractivity contribution in [1.29, 1.82) is 0 Å². The van der Waals surface area contributed by atoms with Gasteiger partial charge in [0.2, 0.25) is 0 Å². The van der Waals surface area contributed by atoms with Crippen molar-refractivity contribution in [3.63, 3.8) is 0 Å². The maximum atomic E-state index is 10.1. The number of aliphatic carboxylic acids is 1. The minimum atomic E-state index is -0.913. The zero-order valence-corrected chi connectivity index (χ0v) is 10.0. The van der Waals surface area contributed by atoms with Crippen LogP contribution in [0.15, 0.2) is 0 Å². The molecule has 0 aromatic heterocycles. The third-order valence-electron chi connectivity index (χ3n) is 0.950. The second kappa shape index (κ2) is 11.0. The van der Waals surface area contributed by atoms with Crippen LogP contribution in [0.3, 0.4) is 0 Å². The fraction of sp³-hybridized carbons (Fsp3) is 0.800. The summed E-state index contributed by atoms with van der Waals surface area (Å²) in [6, 6.07) is -0.683. The van der Waals surface area contributed by atoms with E-state index >= 15 is 0 Å². The number of thioether (sulfide) groups is 1. The summed E-state index contributed by atoms with van der Waals surface area (Å²) < 4.78 is 0. The Morgan fingerprint density at radius 2 is 2.18 bits per heavy atom. The van der Waals surface area contributed by atoms with Gasteiger partial charge in [-0.3, -0.25) is 4.79 Å². The van der Waals surface area contributed by atoms with Crippen LogP contribution in [0, 0.1) is 0 Å². The molecule has 0 aliphatic heterocycles. The molecule has 0 bridgehead atoms. The Bertz CT molecular complexity index is 106. The molecule has 0 aliphatic carbocycles. The molecule has 3 N–H and O–H groups in total. The van der Waals surface area contributed by atoms with Crippen LogP contribution in [-0.4, -0.2) is 29.1 Å². The van der Waals surface area contributed by atoms with Gasteiger partial charge in [0, 0.05) is 37.6 Å². The van der Waals surface area contributed by atoms with Gasteiger partial charge in [0.1, 0.15) is 6.04 Å². The van der Waals surface area contributed by atoms with Gasteiger partial charge in [0.05, 0.1) is 0 Å². The molecule has 0 heterocycles. The molecule has 0 fully saturated rings. The Morgan fingerprint density at radius 3 is 2.45 bits per heavy atom. The molecule has 0 saturated heterocycles. The molecular weight excluding hydrogens is 392 g/mol. The molecular formula is C5H11NNiO2PtS. The van der Waals surface area contributed by atoms with Gasteiger partial charge >= 0.3 is 5.97 Å². The molecule has 0 rings (SSSR count). The van der Waals surface area contributed by atoms with Crippen LogP contribution in [-0.2, 0) is 42.4 Å². The number of hydrogen-bond donors (Lipinski definition) is 2. The first kappa shape index (κ1) is 17.9. The second-order valence-electron chi connectivity index (χ2n) is 1.73. The first-order valence-corrected chi connectivity index (χ1v) is 4.05. The van der Waals surface area contributed by atoms with E-state index in [9.17, 15) is 4.79 Å². The molecule has 0 spiro atoms. The van der Waals surface area contributed by atoms with Crippen molar-refractivity contribution >= 4 is 17.7 Å². The summed E-state index contributed by atoms with van der Waals surface area (Å²) in [6.45, 7) is 0. The second-order valence-corrected chi connectivity index (χ2v) is 2.71. The van der Waals surface area contributed by atoms with Crippen molar-refractivity contribution in [2.24, 2.45) is 5.73 Å². The third-order valence-corrected chi connectivity index (χ3v) is 1.59. The van der Waals surface area contributed by atoms with Gasteiger partial charge in [0.25, 0.3) is 0 Å². The first-order chi connectivity index (χ1) is 4.18. The van der Waals surface area contributed by atoms with E-state index in [-0.39, 0.29) is 37.6 Å². The van der Waals surface area contributed by atoms with E-state index < -0.39 is 12.0 Å². The normalized spacial score (nSPS) is 10.7. The first-order valence-electron chi connectivity index (χ1n) is 2.65. The summed E-state index contributed by atoms with van der Waals surface area (Å²) in [7, 11) is 0. The standard InChI is InChI=1S/C5H11NO2S.Ni.Pt/c1-9-3-2-4(6)5(7)8;;/h4H,2-3,6H2,1H3,(H,7,8);;/t4-;;/m0../s1. The number of carboxylic acids is 1. The quantitative estimate of drug-likeness (QED) is 0.657. The predicted octanol–water partition coefficient (Wildman–Crippen LogP) is 0.146. The number of carbonyl (C=O) groups is 1. The molecule has 0 aromatic carbocycles. The Hall–Kier alpha value is 0.962. The maximum Gasteiger partial charge on any atom is 0.320 e. The Balaban J connectivity index is -0.000000320. The van der Waals surface area contributed by atoms with E-state index in [4.69, 9.17) is 10.8 Å². The van der Waals surface area contributed by atoms with Crippen LogP contribution >= 0.6 is 11.8 Å². The van der Waals surface area contributed by atoms with Gasteiger partial charge in [-0.05, 0) is 18.4 Å². The van der Waals surface area contributed by atoms with Gasteiger partial charge in [-0.15, -0.1) is 0 Å². The Kier molecular flexibility index (Phi) is 17.8. The van der Waals surface area contributed by atoms with E-state index in [0.29, 0.717) is 6.42 Å². The van der Waals surface area contributed by atoms with Gasteiger partial charge in [0.15, 0.2) is 0 Å². The molecule has 0 aliphatic rings. The molecule has 6 heteroatoms. The Morgan fingerprint density at radius 1 is 1.73 bits per heavy atom. The molecule has 0 saturated carbocycles. The molecule has 0 unspecified atom stereocenters.